The molecule has 4 nitrogen and oxygen atoms in total. The first-order valence-corrected chi connectivity index (χ1v) is 9.65. The van der Waals surface area contributed by atoms with E-state index in [0.29, 0.717) is 21.2 Å². The molecule has 7 heteroatoms. The number of nitrogens with one attached hydrogen (secondary N) is 1. The Kier molecular flexibility index (Phi) is 4.87. The molecule has 0 radical (unpaired) electrons. The summed E-state index contributed by atoms with van der Waals surface area (Å²) < 4.78 is 25.2. The molecule has 0 aliphatic rings. The summed E-state index contributed by atoms with van der Waals surface area (Å²) in [6.45, 7) is 0. The van der Waals surface area contributed by atoms with Crippen LogP contribution in [0.5, 0.6) is 0 Å². The van der Waals surface area contributed by atoms with Crippen molar-refractivity contribution in [2.75, 3.05) is 0 Å². The number of H-pyrrole nitrogens is 1. The molecule has 0 atom stereocenters. The Morgan fingerprint density at radius 1 is 1.12 bits per heavy atom. The Labute approximate surface area is 155 Å². The number of sulfone groups is 1. The van der Waals surface area contributed by atoms with Gasteiger partial charge in [-0.15, -0.1) is 0 Å². The second-order valence-electron chi connectivity index (χ2n) is 5.44. The molecular formula is C18H12Cl2N2O2S. The van der Waals surface area contributed by atoms with Gasteiger partial charge in [-0.25, -0.2) is 8.42 Å². The van der Waals surface area contributed by atoms with Crippen LogP contribution in [0.4, 0.5) is 0 Å². The summed E-state index contributed by atoms with van der Waals surface area (Å²) in [4.78, 5) is 2.73. The average molecular weight is 391 g/mol. The predicted molar refractivity (Wildman–Crippen MR) is 101 cm³/mol. The first-order chi connectivity index (χ1) is 11.9. The van der Waals surface area contributed by atoms with E-state index in [9.17, 15) is 13.7 Å². The molecule has 25 heavy (non-hydrogen) atoms. The highest BCUT2D eigenvalue weighted by Gasteiger charge is 2.19. The van der Waals surface area contributed by atoms with Crippen LogP contribution in [0.25, 0.3) is 17.0 Å². The quantitative estimate of drug-likeness (QED) is 0.640. The molecule has 0 fully saturated rings. The van der Waals surface area contributed by atoms with Crippen LogP contribution in [0.15, 0.2) is 53.6 Å². The third-order valence-corrected chi connectivity index (χ3v) is 5.76. The highest BCUT2D eigenvalue weighted by Crippen LogP contribution is 2.26. The molecule has 0 aliphatic heterocycles. The van der Waals surface area contributed by atoms with E-state index in [1.807, 2.05) is 0 Å². The lowest BCUT2D eigenvalue weighted by atomic mass is 10.1. The van der Waals surface area contributed by atoms with Gasteiger partial charge in [0, 0.05) is 32.7 Å². The van der Waals surface area contributed by atoms with E-state index in [1.165, 1.54) is 6.08 Å². The number of hydrogen-bond acceptors (Lipinski definition) is 3. The van der Waals surface area contributed by atoms with Crippen LogP contribution >= 0.6 is 23.2 Å². The summed E-state index contributed by atoms with van der Waals surface area (Å²) in [6.07, 6.45) is 3.01. The summed E-state index contributed by atoms with van der Waals surface area (Å²) in [7, 11) is -3.78. The van der Waals surface area contributed by atoms with Crippen LogP contribution in [0.1, 0.15) is 11.1 Å². The lowest BCUT2D eigenvalue weighted by Crippen LogP contribution is -2.06. The maximum atomic E-state index is 12.6. The first-order valence-electron chi connectivity index (χ1n) is 7.25. The molecule has 3 aromatic rings. The first kappa shape index (κ1) is 17.6. The molecule has 2 aromatic carbocycles. The van der Waals surface area contributed by atoms with E-state index in [-0.39, 0.29) is 10.7 Å². The zero-order valence-corrected chi connectivity index (χ0v) is 15.2. The van der Waals surface area contributed by atoms with Crippen LogP contribution in [0.3, 0.4) is 0 Å². The minimum absolute atomic E-state index is 0.271. The van der Waals surface area contributed by atoms with Crippen LogP contribution in [0, 0.1) is 11.3 Å². The van der Waals surface area contributed by atoms with Crippen molar-refractivity contribution in [1.29, 1.82) is 5.26 Å². The fraction of sp³-hybridized carbons (Fsp3) is 0.0556. The van der Waals surface area contributed by atoms with Gasteiger partial charge in [-0.1, -0.05) is 35.3 Å². The number of benzene rings is 2. The maximum absolute atomic E-state index is 12.6. The topological polar surface area (TPSA) is 73.7 Å². The molecule has 0 unspecified atom stereocenters. The van der Waals surface area contributed by atoms with Gasteiger partial charge in [-0.3, -0.25) is 0 Å². The lowest BCUT2D eigenvalue weighted by Gasteiger charge is -2.03. The molecule has 1 aromatic heterocycles. The summed E-state index contributed by atoms with van der Waals surface area (Å²) in [5.41, 5.74) is 1.96. The Morgan fingerprint density at radius 3 is 2.48 bits per heavy atom. The van der Waals surface area contributed by atoms with Gasteiger partial charge in [0.05, 0.1) is 5.75 Å². The molecular weight excluding hydrogens is 379 g/mol. The number of halogens is 2. The number of nitriles is 1. The van der Waals surface area contributed by atoms with E-state index in [2.05, 4.69) is 4.98 Å². The van der Waals surface area contributed by atoms with Gasteiger partial charge >= 0.3 is 0 Å². The van der Waals surface area contributed by atoms with E-state index in [1.54, 1.807) is 54.7 Å². The molecule has 0 aliphatic carbocycles. The van der Waals surface area contributed by atoms with Gasteiger partial charge in [0.1, 0.15) is 11.0 Å². The van der Waals surface area contributed by atoms with Gasteiger partial charge in [-0.2, -0.15) is 5.26 Å². The maximum Gasteiger partial charge on any atom is 0.192 e. The zero-order chi connectivity index (χ0) is 18.0. The van der Waals surface area contributed by atoms with Gasteiger partial charge in [0.2, 0.25) is 0 Å². The zero-order valence-electron chi connectivity index (χ0n) is 12.8. The molecule has 0 spiro atoms. The number of fused-ring (bicyclic) bond motifs is 1. The second-order valence-corrected chi connectivity index (χ2v) is 8.27. The fourth-order valence-electron chi connectivity index (χ4n) is 2.44. The molecule has 0 bridgehead atoms. The smallest absolute Gasteiger partial charge is 0.192 e. The number of hydrogen-bond donors (Lipinski definition) is 1. The minimum Gasteiger partial charge on any atom is -0.361 e. The number of allylic oxidation sites excluding steroid dienone is 1. The largest absolute Gasteiger partial charge is 0.361 e. The molecule has 1 N–H and O–H groups in total. The summed E-state index contributed by atoms with van der Waals surface area (Å²) in [5, 5.41) is 11.2. The third-order valence-electron chi connectivity index (χ3n) is 3.68. The summed E-state index contributed by atoms with van der Waals surface area (Å²) in [6, 6.07) is 13.5. The normalized spacial score (nSPS) is 12.3. The van der Waals surface area contributed by atoms with E-state index in [4.69, 9.17) is 23.2 Å². The van der Waals surface area contributed by atoms with Crippen molar-refractivity contribution < 1.29 is 8.42 Å². The van der Waals surface area contributed by atoms with Crippen LogP contribution in [-0.4, -0.2) is 13.4 Å². The Morgan fingerprint density at radius 2 is 1.80 bits per heavy atom. The number of rotatable bonds is 4. The molecule has 1 heterocycles. The number of aromatic amines is 1. The number of aromatic nitrogens is 1. The highest BCUT2D eigenvalue weighted by molar-refractivity contribution is 7.95. The van der Waals surface area contributed by atoms with Gasteiger partial charge in [0.25, 0.3) is 0 Å². The Hall–Kier alpha value is -2.26. The van der Waals surface area contributed by atoms with Crippen molar-refractivity contribution in [2.24, 2.45) is 0 Å². The van der Waals surface area contributed by atoms with Crippen molar-refractivity contribution in [3.63, 3.8) is 0 Å². The van der Waals surface area contributed by atoms with Crippen molar-refractivity contribution in [3.05, 3.63) is 74.7 Å². The van der Waals surface area contributed by atoms with Crippen LogP contribution in [0.2, 0.25) is 10.0 Å². The summed E-state index contributed by atoms with van der Waals surface area (Å²) >= 11 is 11.8. The van der Waals surface area contributed by atoms with E-state index >= 15 is 0 Å². The van der Waals surface area contributed by atoms with Crippen LogP contribution in [-0.2, 0) is 15.6 Å². The molecule has 0 saturated heterocycles. The van der Waals surface area contributed by atoms with Gasteiger partial charge < -0.3 is 4.98 Å². The molecule has 0 amide bonds. The highest BCUT2D eigenvalue weighted by atomic mass is 35.5. The molecule has 126 valence electrons. The SMILES string of the molecule is N#C/C(=C\c1c[nH]c2ccc(Cl)cc12)S(=O)(=O)Cc1ccc(Cl)cc1. The lowest BCUT2D eigenvalue weighted by molar-refractivity contribution is 0.602. The monoisotopic (exact) mass is 390 g/mol. The fourth-order valence-corrected chi connectivity index (χ4v) is 3.97. The third kappa shape index (κ3) is 3.88. The summed E-state index contributed by atoms with van der Waals surface area (Å²) in [5.74, 6) is -0.271. The van der Waals surface area contributed by atoms with Gasteiger partial charge in [-0.05, 0) is 42.0 Å². The standard InChI is InChI=1S/C18H12Cl2N2O2S/c19-14-3-1-12(2-4-14)11-25(23,24)16(9-21)7-13-10-22-18-6-5-15(20)8-17(13)18/h1-8,10,22H,11H2/b16-7+. The second kappa shape index (κ2) is 6.93. The van der Waals surface area contributed by atoms with Gasteiger partial charge in [0.15, 0.2) is 9.84 Å². The van der Waals surface area contributed by atoms with Crippen LogP contribution < -0.4 is 0 Å². The Balaban J connectivity index is 2.00. The van der Waals surface area contributed by atoms with E-state index in [0.717, 1.165) is 10.9 Å². The number of nitrogens with zero attached hydrogens (tertiary/aromatic N) is 1. The van der Waals surface area contributed by atoms with Crippen molar-refractivity contribution in [2.45, 2.75) is 5.75 Å². The minimum atomic E-state index is -3.78. The average Bonchev–Trinajstić information content (AvgIpc) is 2.96. The van der Waals surface area contributed by atoms with Crippen molar-refractivity contribution >= 4 is 50.0 Å². The molecule has 0 saturated carbocycles. The molecule has 3 rings (SSSR count). The predicted octanol–water partition coefficient (Wildman–Crippen LogP) is 4.95. The Bertz CT molecular complexity index is 1110. The van der Waals surface area contributed by atoms with Crippen molar-refractivity contribution in [1.82, 2.24) is 4.98 Å². The van der Waals surface area contributed by atoms with E-state index < -0.39 is 9.84 Å². The van der Waals surface area contributed by atoms with Crippen molar-refractivity contribution in [3.8, 4) is 6.07 Å².